The Kier molecular flexibility index (Phi) is 5.67. The van der Waals surface area contributed by atoms with Crippen LogP contribution in [0.2, 0.25) is 0 Å². The van der Waals surface area contributed by atoms with Crippen LogP contribution in [0.5, 0.6) is 0 Å². The molecule has 0 aliphatic carbocycles. The summed E-state index contributed by atoms with van der Waals surface area (Å²) >= 11 is 0. The molecule has 0 saturated carbocycles. The molecule has 2 amide bonds. The first kappa shape index (κ1) is 16.9. The summed E-state index contributed by atoms with van der Waals surface area (Å²) in [4.78, 5) is 24.5. The molecule has 0 aromatic heterocycles. The zero-order valence-electron chi connectivity index (χ0n) is 12.6. The van der Waals surface area contributed by atoms with Gasteiger partial charge in [-0.25, -0.2) is 8.78 Å². The summed E-state index contributed by atoms with van der Waals surface area (Å²) in [6.07, 6.45) is 1.99. The number of benzene rings is 1. The Balaban J connectivity index is 1.80. The van der Waals surface area contributed by atoms with Gasteiger partial charge in [-0.15, -0.1) is 0 Å². The lowest BCUT2D eigenvalue weighted by atomic mass is 10.2. The lowest BCUT2D eigenvalue weighted by Crippen LogP contribution is -2.38. The van der Waals surface area contributed by atoms with Gasteiger partial charge in [0.2, 0.25) is 11.8 Å². The quantitative estimate of drug-likeness (QED) is 0.777. The van der Waals surface area contributed by atoms with E-state index in [9.17, 15) is 18.4 Å². The van der Waals surface area contributed by atoms with Crippen LogP contribution in [0.15, 0.2) is 30.9 Å². The standard InChI is InChI=1S/C16H19F2N3O2/c1-2-15(22)19-7-5-16(23)20-12-6-8-21(10-12)14-4-3-11(17)9-13(14)18/h2-4,9,12H,1,5-8,10H2,(H,19,22)(H,20,23). The van der Waals surface area contributed by atoms with E-state index in [-0.39, 0.29) is 30.8 Å². The zero-order chi connectivity index (χ0) is 16.8. The Hall–Kier alpha value is -2.44. The van der Waals surface area contributed by atoms with Crippen molar-refractivity contribution in [1.29, 1.82) is 0 Å². The van der Waals surface area contributed by atoms with Crippen molar-refractivity contribution in [2.45, 2.75) is 18.9 Å². The number of nitrogens with zero attached hydrogens (tertiary/aromatic N) is 1. The molecule has 124 valence electrons. The van der Waals surface area contributed by atoms with Crippen LogP contribution in [0.4, 0.5) is 14.5 Å². The molecule has 1 saturated heterocycles. The van der Waals surface area contributed by atoms with Crippen LogP contribution in [-0.4, -0.2) is 37.5 Å². The smallest absolute Gasteiger partial charge is 0.243 e. The molecule has 1 aromatic carbocycles. The van der Waals surface area contributed by atoms with E-state index in [0.29, 0.717) is 25.2 Å². The molecule has 1 heterocycles. The number of halogens is 2. The second-order valence-electron chi connectivity index (χ2n) is 5.34. The van der Waals surface area contributed by atoms with Crippen LogP contribution >= 0.6 is 0 Å². The van der Waals surface area contributed by atoms with Gasteiger partial charge in [0.1, 0.15) is 11.6 Å². The van der Waals surface area contributed by atoms with E-state index in [2.05, 4.69) is 17.2 Å². The van der Waals surface area contributed by atoms with E-state index in [1.54, 1.807) is 4.90 Å². The average molecular weight is 323 g/mol. The van der Waals surface area contributed by atoms with Crippen LogP contribution in [0.3, 0.4) is 0 Å². The molecule has 2 rings (SSSR count). The maximum atomic E-state index is 13.8. The molecule has 1 aliphatic heterocycles. The van der Waals surface area contributed by atoms with Crippen LogP contribution in [0.1, 0.15) is 12.8 Å². The summed E-state index contributed by atoms with van der Waals surface area (Å²) in [5.41, 5.74) is 0.335. The Bertz CT molecular complexity index is 607. The maximum absolute atomic E-state index is 13.8. The summed E-state index contributed by atoms with van der Waals surface area (Å²) in [6, 6.07) is 3.37. The van der Waals surface area contributed by atoms with E-state index in [4.69, 9.17) is 0 Å². The van der Waals surface area contributed by atoms with Gasteiger partial charge < -0.3 is 15.5 Å². The fourth-order valence-corrected chi connectivity index (χ4v) is 2.51. The number of nitrogens with one attached hydrogen (secondary N) is 2. The number of carbonyl (C=O) groups excluding carboxylic acids is 2. The van der Waals surface area contributed by atoms with Crippen molar-refractivity contribution in [1.82, 2.24) is 10.6 Å². The molecular formula is C16H19F2N3O2. The second-order valence-corrected chi connectivity index (χ2v) is 5.34. The van der Waals surface area contributed by atoms with Gasteiger partial charge in [-0.05, 0) is 24.6 Å². The molecular weight excluding hydrogens is 304 g/mol. The fourth-order valence-electron chi connectivity index (χ4n) is 2.51. The molecule has 1 aromatic rings. The van der Waals surface area contributed by atoms with Crippen LogP contribution in [0.25, 0.3) is 0 Å². The van der Waals surface area contributed by atoms with Crippen molar-refractivity contribution < 1.29 is 18.4 Å². The summed E-state index contributed by atoms with van der Waals surface area (Å²) in [7, 11) is 0. The number of carbonyl (C=O) groups is 2. The van der Waals surface area contributed by atoms with E-state index >= 15 is 0 Å². The van der Waals surface area contributed by atoms with Crippen LogP contribution in [-0.2, 0) is 9.59 Å². The van der Waals surface area contributed by atoms with E-state index in [0.717, 1.165) is 12.1 Å². The zero-order valence-corrected chi connectivity index (χ0v) is 12.6. The second kappa shape index (κ2) is 7.71. The number of amides is 2. The molecule has 1 unspecified atom stereocenters. The minimum absolute atomic E-state index is 0.0953. The van der Waals surface area contributed by atoms with Gasteiger partial charge in [-0.3, -0.25) is 9.59 Å². The number of hydrogen-bond donors (Lipinski definition) is 2. The molecule has 5 nitrogen and oxygen atoms in total. The van der Waals surface area contributed by atoms with Crippen molar-refractivity contribution in [3.05, 3.63) is 42.5 Å². The van der Waals surface area contributed by atoms with Gasteiger partial charge in [-0.1, -0.05) is 6.58 Å². The topological polar surface area (TPSA) is 61.4 Å². The molecule has 2 N–H and O–H groups in total. The highest BCUT2D eigenvalue weighted by molar-refractivity contribution is 5.87. The highest BCUT2D eigenvalue weighted by Gasteiger charge is 2.25. The van der Waals surface area contributed by atoms with Gasteiger partial charge in [0.25, 0.3) is 0 Å². The van der Waals surface area contributed by atoms with Crippen molar-refractivity contribution in [3.63, 3.8) is 0 Å². The van der Waals surface area contributed by atoms with Crippen molar-refractivity contribution >= 4 is 17.5 Å². The largest absolute Gasteiger partial charge is 0.367 e. The first-order valence-corrected chi connectivity index (χ1v) is 7.39. The van der Waals surface area contributed by atoms with Crippen molar-refractivity contribution in [2.75, 3.05) is 24.5 Å². The van der Waals surface area contributed by atoms with Crippen LogP contribution in [0, 0.1) is 11.6 Å². The number of rotatable bonds is 6. The minimum atomic E-state index is -0.614. The van der Waals surface area contributed by atoms with Crippen molar-refractivity contribution in [2.24, 2.45) is 0 Å². The highest BCUT2D eigenvalue weighted by Crippen LogP contribution is 2.24. The summed E-state index contributed by atoms with van der Waals surface area (Å²) in [6.45, 7) is 4.60. The maximum Gasteiger partial charge on any atom is 0.243 e. The lowest BCUT2D eigenvalue weighted by molar-refractivity contribution is -0.121. The fraction of sp³-hybridized carbons (Fsp3) is 0.375. The SMILES string of the molecule is C=CC(=O)NCCC(=O)NC1CCN(c2ccc(F)cc2F)C1. The number of anilines is 1. The third-order valence-electron chi connectivity index (χ3n) is 3.64. The predicted molar refractivity (Wildman–Crippen MR) is 82.9 cm³/mol. The molecule has 7 heteroatoms. The van der Waals surface area contributed by atoms with E-state index < -0.39 is 11.6 Å². The number of hydrogen-bond acceptors (Lipinski definition) is 3. The Morgan fingerprint density at radius 1 is 1.39 bits per heavy atom. The first-order valence-electron chi connectivity index (χ1n) is 7.39. The molecule has 1 fully saturated rings. The summed E-state index contributed by atoms with van der Waals surface area (Å²) < 4.78 is 26.7. The molecule has 0 spiro atoms. The molecule has 0 bridgehead atoms. The van der Waals surface area contributed by atoms with Gasteiger partial charge in [0, 0.05) is 38.2 Å². The molecule has 0 radical (unpaired) electrons. The van der Waals surface area contributed by atoms with Gasteiger partial charge in [0.15, 0.2) is 0 Å². The normalized spacial score (nSPS) is 17.0. The third-order valence-corrected chi connectivity index (χ3v) is 3.64. The third kappa shape index (κ3) is 4.77. The molecule has 1 aliphatic rings. The first-order chi connectivity index (χ1) is 11.0. The minimum Gasteiger partial charge on any atom is -0.367 e. The summed E-state index contributed by atoms with van der Waals surface area (Å²) in [5, 5.41) is 5.37. The van der Waals surface area contributed by atoms with Crippen LogP contribution < -0.4 is 15.5 Å². The van der Waals surface area contributed by atoms with Crippen molar-refractivity contribution in [3.8, 4) is 0 Å². The monoisotopic (exact) mass is 323 g/mol. The van der Waals surface area contributed by atoms with E-state index in [1.807, 2.05) is 0 Å². The highest BCUT2D eigenvalue weighted by atomic mass is 19.1. The van der Waals surface area contributed by atoms with Gasteiger partial charge in [-0.2, -0.15) is 0 Å². The summed E-state index contributed by atoms with van der Waals surface area (Å²) in [5.74, 6) is -1.72. The Morgan fingerprint density at radius 3 is 2.87 bits per heavy atom. The Morgan fingerprint density at radius 2 is 2.17 bits per heavy atom. The molecule has 1 atom stereocenters. The van der Waals surface area contributed by atoms with E-state index in [1.165, 1.54) is 12.1 Å². The average Bonchev–Trinajstić information content (AvgIpc) is 2.95. The molecule has 23 heavy (non-hydrogen) atoms. The lowest BCUT2D eigenvalue weighted by Gasteiger charge is -2.19. The Labute approximate surface area is 133 Å². The van der Waals surface area contributed by atoms with Gasteiger partial charge >= 0.3 is 0 Å². The van der Waals surface area contributed by atoms with Gasteiger partial charge in [0.05, 0.1) is 5.69 Å². The predicted octanol–water partition coefficient (Wildman–Crippen LogP) is 1.35.